The number of aromatic nitrogens is 3. The summed E-state index contributed by atoms with van der Waals surface area (Å²) >= 11 is 0. The molecule has 6 nitrogen and oxygen atoms in total. The smallest absolute Gasteiger partial charge is 0.300 e. The van der Waals surface area contributed by atoms with Crippen LogP contribution in [-0.4, -0.2) is 58.7 Å². The van der Waals surface area contributed by atoms with E-state index in [4.69, 9.17) is 0 Å². The van der Waals surface area contributed by atoms with Gasteiger partial charge < -0.3 is 0 Å². The maximum atomic E-state index is 13.2. The maximum Gasteiger partial charge on any atom is 0.417 e. The maximum absolute atomic E-state index is 13.2. The molecule has 2 aromatic rings. The molecule has 6 rings (SSSR count). The first-order valence-corrected chi connectivity index (χ1v) is 13.8. The van der Waals surface area contributed by atoms with Crippen LogP contribution < -0.4 is 0 Å². The van der Waals surface area contributed by atoms with Gasteiger partial charge in [-0.1, -0.05) is 0 Å². The third-order valence-electron chi connectivity index (χ3n) is 8.41. The molecule has 10 heteroatoms. The zero-order valence-electron chi connectivity index (χ0n) is 19.3. The Labute approximate surface area is 197 Å². The van der Waals surface area contributed by atoms with E-state index < -0.39 is 21.6 Å². The summed E-state index contributed by atoms with van der Waals surface area (Å²) in [5.41, 5.74) is 1.27. The predicted molar refractivity (Wildman–Crippen MR) is 121 cm³/mol. The van der Waals surface area contributed by atoms with E-state index in [2.05, 4.69) is 15.0 Å². The number of alkyl halides is 3. The lowest BCUT2D eigenvalue weighted by Crippen LogP contribution is -2.50. The number of hydrogen-bond acceptors (Lipinski definition) is 5. The molecule has 184 valence electrons. The van der Waals surface area contributed by atoms with Gasteiger partial charge in [0.1, 0.15) is 0 Å². The first-order valence-electron chi connectivity index (χ1n) is 12.0. The number of sulfone groups is 1. The van der Waals surface area contributed by atoms with Crippen molar-refractivity contribution in [2.75, 3.05) is 24.6 Å². The number of likely N-dealkylation sites (tertiary alicyclic amines) is 1. The van der Waals surface area contributed by atoms with E-state index in [1.165, 1.54) is 6.20 Å². The predicted octanol–water partition coefficient (Wildman–Crippen LogP) is 4.16. The van der Waals surface area contributed by atoms with Crippen molar-refractivity contribution in [1.29, 1.82) is 0 Å². The van der Waals surface area contributed by atoms with E-state index in [9.17, 15) is 21.6 Å². The van der Waals surface area contributed by atoms with Crippen LogP contribution in [0.15, 0.2) is 24.5 Å². The molecule has 0 unspecified atom stereocenters. The Kier molecular flexibility index (Phi) is 4.83. The van der Waals surface area contributed by atoms with Gasteiger partial charge >= 0.3 is 6.18 Å². The lowest BCUT2D eigenvalue weighted by atomic mass is 9.91. The molecular weight excluding hydrogens is 465 g/mol. The van der Waals surface area contributed by atoms with E-state index in [0.29, 0.717) is 46.6 Å². The molecular formula is C24H29F3N4O2S. The number of pyridine rings is 1. The summed E-state index contributed by atoms with van der Waals surface area (Å²) in [6.07, 6.45) is 1.03. The molecule has 4 fully saturated rings. The van der Waals surface area contributed by atoms with Crippen LogP contribution in [0.4, 0.5) is 13.2 Å². The fourth-order valence-corrected chi connectivity index (χ4v) is 9.16. The normalized spacial score (nSPS) is 31.7. The van der Waals surface area contributed by atoms with Gasteiger partial charge in [0.15, 0.2) is 9.84 Å². The highest BCUT2D eigenvalue weighted by molar-refractivity contribution is 7.92. The second-order valence-electron chi connectivity index (χ2n) is 11.2. The van der Waals surface area contributed by atoms with Crippen molar-refractivity contribution in [3.8, 4) is 11.3 Å². The molecule has 2 aliphatic carbocycles. The van der Waals surface area contributed by atoms with Crippen molar-refractivity contribution in [3.63, 3.8) is 0 Å². The minimum atomic E-state index is -4.44. The van der Waals surface area contributed by atoms with Crippen molar-refractivity contribution in [2.45, 2.75) is 57.3 Å². The van der Waals surface area contributed by atoms with Crippen LogP contribution in [0.2, 0.25) is 0 Å². The quantitative estimate of drug-likeness (QED) is 0.639. The first-order chi connectivity index (χ1) is 15.9. The number of hydrogen-bond donors (Lipinski definition) is 0. The van der Waals surface area contributed by atoms with E-state index in [1.54, 1.807) is 0 Å². The summed E-state index contributed by atoms with van der Waals surface area (Å²) in [5.74, 6) is 2.21. The second kappa shape index (κ2) is 7.29. The summed E-state index contributed by atoms with van der Waals surface area (Å²) in [4.78, 5) is 6.31. The third-order valence-corrected chi connectivity index (χ3v) is 10.5. The van der Waals surface area contributed by atoms with Gasteiger partial charge in [-0.25, -0.2) is 8.42 Å². The molecule has 0 amide bonds. The van der Waals surface area contributed by atoms with Gasteiger partial charge in [-0.05, 0) is 63.6 Å². The Morgan fingerprint density at radius 2 is 1.82 bits per heavy atom. The number of fused-ring (bicyclic) bond motifs is 1. The molecule has 0 N–H and O–H groups in total. The minimum Gasteiger partial charge on any atom is -0.300 e. The second-order valence-corrected chi connectivity index (χ2v) is 13.2. The van der Waals surface area contributed by atoms with Crippen LogP contribution >= 0.6 is 0 Å². The van der Waals surface area contributed by atoms with Crippen LogP contribution in [0.3, 0.4) is 0 Å². The van der Waals surface area contributed by atoms with Crippen LogP contribution in [0.5, 0.6) is 0 Å². The fraction of sp³-hybridized carbons (Fsp3) is 0.667. The molecule has 0 bridgehead atoms. The van der Waals surface area contributed by atoms with Gasteiger partial charge in [0, 0.05) is 53.6 Å². The first kappa shape index (κ1) is 22.5. The topological polar surface area (TPSA) is 68.1 Å². The molecule has 2 saturated carbocycles. The molecule has 4 atom stereocenters. The summed E-state index contributed by atoms with van der Waals surface area (Å²) in [6.45, 7) is 5.97. The van der Waals surface area contributed by atoms with Gasteiger partial charge in [-0.2, -0.15) is 18.3 Å². The average Bonchev–Trinajstić information content (AvgIpc) is 3.18. The number of halogens is 3. The van der Waals surface area contributed by atoms with E-state index in [-0.39, 0.29) is 11.5 Å². The number of nitrogens with zero attached hydrogens (tertiary/aromatic N) is 4. The molecule has 34 heavy (non-hydrogen) atoms. The molecule has 2 aromatic heterocycles. The lowest BCUT2D eigenvalue weighted by molar-refractivity contribution is -0.137. The van der Waals surface area contributed by atoms with Crippen LogP contribution in [0, 0.1) is 17.3 Å². The highest BCUT2D eigenvalue weighted by Crippen LogP contribution is 2.64. The van der Waals surface area contributed by atoms with Crippen LogP contribution in [0.25, 0.3) is 11.3 Å². The number of rotatable bonds is 4. The highest BCUT2D eigenvalue weighted by atomic mass is 32.2. The van der Waals surface area contributed by atoms with E-state index >= 15 is 0 Å². The zero-order valence-corrected chi connectivity index (χ0v) is 20.1. The summed E-state index contributed by atoms with van der Waals surface area (Å²) in [5, 5.41) is 4.68. The summed E-state index contributed by atoms with van der Waals surface area (Å²) in [7, 11) is -2.81. The Balaban J connectivity index is 1.17. The van der Waals surface area contributed by atoms with Gasteiger partial charge in [-0.3, -0.25) is 14.6 Å². The third kappa shape index (κ3) is 3.68. The Hall–Kier alpha value is -1.94. The van der Waals surface area contributed by atoms with Crippen molar-refractivity contribution in [3.05, 3.63) is 35.8 Å². The summed E-state index contributed by atoms with van der Waals surface area (Å²) in [6, 6.07) is 3.70. The zero-order chi connectivity index (χ0) is 24.0. The van der Waals surface area contributed by atoms with E-state index in [0.717, 1.165) is 50.3 Å². The van der Waals surface area contributed by atoms with Crippen LogP contribution in [-0.2, 0) is 16.0 Å². The Morgan fingerprint density at radius 3 is 2.44 bits per heavy atom. The van der Waals surface area contributed by atoms with Gasteiger partial charge in [-0.15, -0.1) is 0 Å². The SMILES string of the molecule is CC(C)n1nc(-c2cncc(C(F)(F)F)c2)cc1[C@H]1[C@@H]2C[C@H](N3CCC4(C3)CS(=O)(=O)C4)C[C@@H]21. The van der Waals surface area contributed by atoms with E-state index in [1.807, 2.05) is 24.6 Å². The largest absolute Gasteiger partial charge is 0.417 e. The molecule has 0 radical (unpaired) electrons. The molecule has 4 aliphatic rings. The van der Waals surface area contributed by atoms with Crippen molar-refractivity contribution in [2.24, 2.45) is 17.3 Å². The molecule has 4 heterocycles. The van der Waals surface area contributed by atoms with Crippen molar-refractivity contribution < 1.29 is 21.6 Å². The van der Waals surface area contributed by atoms with Crippen molar-refractivity contribution in [1.82, 2.24) is 19.7 Å². The van der Waals surface area contributed by atoms with Gasteiger partial charge in [0.2, 0.25) is 0 Å². The molecule has 0 aromatic carbocycles. The highest BCUT2D eigenvalue weighted by Gasteiger charge is 2.60. The molecule has 2 aliphatic heterocycles. The Bertz CT molecular complexity index is 1220. The summed E-state index contributed by atoms with van der Waals surface area (Å²) < 4.78 is 64.9. The van der Waals surface area contributed by atoms with Crippen molar-refractivity contribution >= 4 is 9.84 Å². The standard InChI is InChI=1S/C24H29F3N4O2S/c1-14(2)31-21(8-20(29-31)15-5-16(10-28-9-15)24(25,26)27)22-18-6-17(7-19(18)22)30-4-3-23(11-30)12-34(32,33)13-23/h5,8-10,14,17-19,22H,3-4,6-7,11-13H2,1-2H3/t17-,18+,19-,22-. The van der Waals surface area contributed by atoms with Gasteiger partial charge in [0.05, 0.1) is 22.8 Å². The average molecular weight is 495 g/mol. The van der Waals surface area contributed by atoms with Crippen LogP contribution in [0.1, 0.15) is 56.3 Å². The minimum absolute atomic E-state index is 0.00480. The molecule has 1 spiro atoms. The molecule has 2 saturated heterocycles. The lowest BCUT2D eigenvalue weighted by Gasteiger charge is -2.38. The van der Waals surface area contributed by atoms with Gasteiger partial charge in [0.25, 0.3) is 0 Å². The monoisotopic (exact) mass is 494 g/mol. The fourth-order valence-electron chi connectivity index (χ4n) is 6.90. The Morgan fingerprint density at radius 1 is 1.12 bits per heavy atom.